The van der Waals surface area contributed by atoms with E-state index in [0.29, 0.717) is 75.8 Å². The van der Waals surface area contributed by atoms with Gasteiger partial charge in [-0.05, 0) is 59.2 Å². The highest BCUT2D eigenvalue weighted by Gasteiger charge is 2.19. The van der Waals surface area contributed by atoms with Gasteiger partial charge in [-0.15, -0.1) is 0 Å². The van der Waals surface area contributed by atoms with Gasteiger partial charge in [0, 0.05) is 109 Å². The monoisotopic (exact) mass is 1060 g/mol. The van der Waals surface area contributed by atoms with E-state index < -0.39 is 37.5 Å². The van der Waals surface area contributed by atoms with Crippen molar-refractivity contribution in [1.29, 1.82) is 5.26 Å². The molecule has 0 amide bonds. The molecule has 0 unspecified atom stereocenters. The number of benzene rings is 3. The molecule has 0 saturated heterocycles. The van der Waals surface area contributed by atoms with Crippen LogP contribution in [0.5, 0.6) is 0 Å². The number of nitrogens with zero attached hydrogens (tertiary/aromatic N) is 16. The Labute approximate surface area is 439 Å². The fourth-order valence-corrected chi connectivity index (χ4v) is 8.90. The van der Waals surface area contributed by atoms with E-state index in [0.717, 1.165) is 34.4 Å². The van der Waals surface area contributed by atoms with Crippen LogP contribution in [0.3, 0.4) is 0 Å². The lowest BCUT2D eigenvalue weighted by Crippen LogP contribution is -2.04. The summed E-state index contributed by atoms with van der Waals surface area (Å²) in [6.45, 7) is 0.0953. The molecule has 0 fully saturated rings. The number of hydrogen-bond acceptors (Lipinski definition) is 10. The predicted octanol–water partition coefficient (Wildman–Crippen LogP) is 10.4. The molecule has 9 aromatic heterocycles. The van der Waals surface area contributed by atoms with Crippen LogP contribution in [0.2, 0.25) is 0 Å². The number of pyridine rings is 3. The molecule has 23 heteroatoms. The Morgan fingerprint density at radius 3 is 1.23 bits per heavy atom. The molecule has 0 aliphatic carbocycles. The van der Waals surface area contributed by atoms with Gasteiger partial charge in [0.05, 0.1) is 96.9 Å². The molecule has 12 aromatic rings. The first-order valence-corrected chi connectivity index (χ1v) is 24.1. The van der Waals surface area contributed by atoms with E-state index in [1.54, 1.807) is 90.0 Å². The van der Waals surface area contributed by atoms with E-state index in [2.05, 4.69) is 44.9 Å². The van der Waals surface area contributed by atoms with E-state index >= 15 is 0 Å². The maximum Gasteiger partial charge on any atom is 0.161 e. The summed E-state index contributed by atoms with van der Waals surface area (Å²) in [5.41, 5.74) is 7.51. The average molecular weight is 1060 g/mol. The Balaban J connectivity index is 0.000000132. The van der Waals surface area contributed by atoms with Crippen LogP contribution in [0.15, 0.2) is 154 Å². The molecule has 0 N–H and O–H groups in total. The van der Waals surface area contributed by atoms with Crippen LogP contribution in [0.4, 0.5) is 30.7 Å². The van der Waals surface area contributed by atoms with Crippen LogP contribution in [0.1, 0.15) is 22.3 Å². The van der Waals surface area contributed by atoms with Gasteiger partial charge in [-0.1, -0.05) is 0 Å². The second-order valence-corrected chi connectivity index (χ2v) is 17.6. The number of nitriles is 1. The van der Waals surface area contributed by atoms with E-state index in [4.69, 9.17) is 5.26 Å². The van der Waals surface area contributed by atoms with Gasteiger partial charge in [0.2, 0.25) is 0 Å². The van der Waals surface area contributed by atoms with Crippen molar-refractivity contribution in [2.24, 2.45) is 0 Å². The van der Waals surface area contributed by atoms with Gasteiger partial charge in [-0.3, -0.25) is 15.0 Å². The molecule has 0 radical (unpaired) electrons. The molecule has 78 heavy (non-hydrogen) atoms. The molecule has 0 atom stereocenters. The number of imidazole rings is 6. The zero-order chi connectivity index (χ0) is 54.1. The molecule has 0 saturated carbocycles. The standard InChI is InChI=1S/C19H14F2N6.C18H14F3N5.C18H15F2N5/c20-1-3-27-18-6-14(8-22)16(21)7-17(18)25-19(27)15-5-13(9-24-10-15)11-26-4-2-23-12-26;19-1-3-26-17-7-15(21)14(20)6-16(17)24-18(26)13-5-12(8-23-9-13)10-25-4-2-22-11-25;19-3-5-25-17-8-15(20)1-2-16(17)23-18(25)14-7-13(9-22-10-14)11-24-6-4-21-12-24/h2,4-7,9-10,12H,1,3,11H2;2,4-9,11H,1,3,10H2;1-2,4,6-10,12H,3,5,11H2/i20-1;2*19-1. The van der Waals surface area contributed by atoms with Gasteiger partial charge >= 0.3 is 0 Å². The molecule has 392 valence electrons. The number of alkyl halides is 3. The second kappa shape index (κ2) is 23.4. The van der Waals surface area contributed by atoms with Crippen molar-refractivity contribution in [1.82, 2.24) is 72.3 Å². The number of hydrogen-bond donors (Lipinski definition) is 0. The summed E-state index contributed by atoms with van der Waals surface area (Å²) >= 11 is 0. The summed E-state index contributed by atoms with van der Waals surface area (Å²) in [5.74, 6) is -1.51. The van der Waals surface area contributed by atoms with Crippen molar-refractivity contribution in [3.05, 3.63) is 200 Å². The molecular weight excluding hydrogens is 1010 g/mol. The molecule has 9 heterocycles. The van der Waals surface area contributed by atoms with Gasteiger partial charge in [0.15, 0.2) is 11.6 Å². The Bertz CT molecular complexity index is 4030. The molecule has 12 rings (SSSR count). The number of fused-ring (bicyclic) bond motifs is 3. The summed E-state index contributed by atoms with van der Waals surface area (Å²) in [6, 6.07) is 16.5. The molecular formula is C55H43F7N16. The molecule has 3 aromatic carbocycles. The quantitative estimate of drug-likeness (QED) is 0.0901. The van der Waals surface area contributed by atoms with Crippen LogP contribution in [-0.4, -0.2) is 92.3 Å². The summed E-state index contributed by atoms with van der Waals surface area (Å²) in [6.07, 6.45) is 25.9. The third-order valence-electron chi connectivity index (χ3n) is 12.3. The Kier molecular flexibility index (Phi) is 15.5. The molecule has 0 aliphatic rings. The first kappa shape index (κ1) is 51.6. The van der Waals surface area contributed by atoms with Crippen molar-refractivity contribution in [2.45, 2.75) is 39.3 Å². The van der Waals surface area contributed by atoms with Gasteiger partial charge in [0.1, 0.15) is 55.2 Å². The highest BCUT2D eigenvalue weighted by atomic mass is 19.2. The molecule has 0 aliphatic heterocycles. The Hall–Kier alpha value is -9.85. The highest BCUT2D eigenvalue weighted by Crippen LogP contribution is 2.30. The minimum atomic E-state index is -0.990. The third kappa shape index (κ3) is 11.4. The number of halogens is 7. The zero-order valence-electron chi connectivity index (χ0n) is 41.1. The maximum atomic E-state index is 14.0. The van der Waals surface area contributed by atoms with Crippen molar-refractivity contribution in [3.8, 4) is 40.2 Å². The topological polar surface area (TPSA) is 169 Å². The van der Waals surface area contributed by atoms with Crippen LogP contribution in [0.25, 0.3) is 67.3 Å². The number of aryl methyl sites for hydroxylation is 3. The van der Waals surface area contributed by atoms with Crippen molar-refractivity contribution in [2.75, 3.05) is 20.0 Å². The average Bonchev–Trinajstić information content (AvgIpc) is 4.41. The van der Waals surface area contributed by atoms with E-state index in [-0.39, 0.29) is 36.5 Å². The van der Waals surface area contributed by atoms with E-state index in [1.807, 2.05) is 56.6 Å². The third-order valence-corrected chi connectivity index (χ3v) is 12.3. The predicted molar refractivity (Wildman–Crippen MR) is 275 cm³/mol. The lowest BCUT2D eigenvalue weighted by molar-refractivity contribution is 0.451. The normalized spacial score (nSPS) is 11.2. The Morgan fingerprint density at radius 1 is 0.423 bits per heavy atom. The molecule has 0 spiro atoms. The van der Waals surface area contributed by atoms with Crippen LogP contribution in [-0.2, 0) is 39.3 Å². The number of aromatic nitrogens is 15. The smallest absolute Gasteiger partial charge is 0.161 e. The fourth-order valence-electron chi connectivity index (χ4n) is 8.90. The summed E-state index contributed by atoms with van der Waals surface area (Å²) in [5, 5.41) is 9.07. The summed E-state index contributed by atoms with van der Waals surface area (Å²) in [7, 11) is 0. The van der Waals surface area contributed by atoms with Gasteiger partial charge in [0.25, 0.3) is 0 Å². The zero-order valence-corrected chi connectivity index (χ0v) is 41.1. The highest BCUT2D eigenvalue weighted by molar-refractivity contribution is 5.83. The van der Waals surface area contributed by atoms with Crippen molar-refractivity contribution >= 4 is 33.1 Å². The largest absolute Gasteiger partial charge is 0.333 e. The first-order valence-electron chi connectivity index (χ1n) is 24.1. The second-order valence-electron chi connectivity index (χ2n) is 17.6. The van der Waals surface area contributed by atoms with Crippen LogP contribution < -0.4 is 0 Å². The SMILES string of the molecule is Fc1cc2nc(-c3cncc(Cn4ccnc4)c3)n(CC[18F])c2cc1F.Fc1ccc2nc(-c3cncc(Cn4ccnc4)c3)n(CC[18F])c2c1.N#Cc1cc2c(cc1F)nc(-c1cncc(Cn3ccnc3)c1)n2CC[18F]. The van der Waals surface area contributed by atoms with E-state index in [1.165, 1.54) is 28.8 Å². The molecule has 16 nitrogen and oxygen atoms in total. The van der Waals surface area contributed by atoms with Gasteiger partial charge in [-0.25, -0.2) is 60.6 Å². The maximum absolute atomic E-state index is 14.0. The van der Waals surface area contributed by atoms with Crippen molar-refractivity contribution in [3.63, 3.8) is 0 Å². The number of rotatable bonds is 15. The van der Waals surface area contributed by atoms with Gasteiger partial charge < -0.3 is 27.4 Å². The fraction of sp³-hybridized carbons (Fsp3) is 0.164. The van der Waals surface area contributed by atoms with Crippen LogP contribution >= 0.6 is 0 Å². The van der Waals surface area contributed by atoms with Crippen LogP contribution in [0, 0.1) is 34.6 Å². The van der Waals surface area contributed by atoms with E-state index in [9.17, 15) is 30.7 Å². The summed E-state index contributed by atoms with van der Waals surface area (Å²) in [4.78, 5) is 38.2. The summed E-state index contributed by atoms with van der Waals surface area (Å²) < 4.78 is 105. The minimum Gasteiger partial charge on any atom is -0.333 e. The Morgan fingerprint density at radius 2 is 0.821 bits per heavy atom. The van der Waals surface area contributed by atoms with Gasteiger partial charge in [-0.2, -0.15) is 5.26 Å². The molecule has 0 bridgehead atoms. The van der Waals surface area contributed by atoms with Crippen molar-refractivity contribution < 1.29 is 30.7 Å². The lowest BCUT2D eigenvalue weighted by atomic mass is 10.2. The first-order chi connectivity index (χ1) is 38.1. The lowest BCUT2D eigenvalue weighted by Gasteiger charge is -2.09. The minimum absolute atomic E-state index is 0.0113.